The number of hydrogen-bond donors (Lipinski definition) is 1. The highest BCUT2D eigenvalue weighted by Gasteiger charge is 2.25. The summed E-state index contributed by atoms with van der Waals surface area (Å²) in [6.07, 6.45) is 16.1. The van der Waals surface area contributed by atoms with Gasteiger partial charge in [0.1, 0.15) is 5.01 Å². The molecule has 0 bridgehead atoms. The average molecular weight is 409 g/mol. The van der Waals surface area contributed by atoms with Crippen molar-refractivity contribution < 1.29 is 10.0 Å². The van der Waals surface area contributed by atoms with E-state index in [-0.39, 0.29) is 4.96 Å². The Morgan fingerprint density at radius 2 is 1.64 bits per heavy atom. The second-order valence-electron chi connectivity index (χ2n) is 7.70. The van der Waals surface area contributed by atoms with E-state index < -0.39 is 22.0 Å². The summed E-state index contributed by atoms with van der Waals surface area (Å²) < 4.78 is 0.943. The molecule has 2 aromatic rings. The van der Waals surface area contributed by atoms with Crippen LogP contribution in [0.15, 0.2) is 4.79 Å². The quantitative estimate of drug-likeness (QED) is 0.584. The molecule has 0 aliphatic heterocycles. The van der Waals surface area contributed by atoms with Crippen LogP contribution in [-0.2, 0) is 6.42 Å². The maximum Gasteiger partial charge on any atom is 0.397 e. The van der Waals surface area contributed by atoms with E-state index in [2.05, 4.69) is 10.1 Å². The molecule has 0 unspecified atom stereocenters. The van der Waals surface area contributed by atoms with Gasteiger partial charge in [0.2, 0.25) is 4.96 Å². The fourth-order valence-electron chi connectivity index (χ4n) is 3.99. The van der Waals surface area contributed by atoms with Crippen LogP contribution in [0.2, 0.25) is 0 Å². The van der Waals surface area contributed by atoms with E-state index in [0.717, 1.165) is 22.4 Å². The molecule has 1 aliphatic carbocycles. The monoisotopic (exact) mass is 408 g/mol. The predicted octanol–water partition coefficient (Wildman–Crippen LogP) is 4.62. The lowest BCUT2D eigenvalue weighted by atomic mass is 9.90. The van der Waals surface area contributed by atoms with Crippen LogP contribution < -0.4 is 5.56 Å². The Morgan fingerprint density at radius 1 is 1.07 bits per heavy atom. The Hall–Kier alpha value is -2.03. The molecule has 2 aromatic heterocycles. The van der Waals surface area contributed by atoms with Gasteiger partial charge in [-0.2, -0.15) is 14.6 Å². The van der Waals surface area contributed by atoms with Crippen LogP contribution in [0, 0.1) is 16.0 Å². The number of aryl methyl sites for hydroxylation is 1. The molecule has 8 nitrogen and oxygen atoms in total. The smallest absolute Gasteiger partial charge is 0.397 e. The molecule has 1 fully saturated rings. The Balaban J connectivity index is 1.66. The van der Waals surface area contributed by atoms with Crippen LogP contribution in [0.3, 0.4) is 0 Å². The minimum absolute atomic E-state index is 0.196. The summed E-state index contributed by atoms with van der Waals surface area (Å²) >= 11 is 1.22. The SMILES string of the molecule is O=c1c([N+](=O)[O-])c(O)nc2sc(CCC3CCCCCCCCCCC3)nn12. The van der Waals surface area contributed by atoms with Crippen LogP contribution in [0.5, 0.6) is 5.88 Å². The number of aromatic nitrogens is 3. The molecule has 0 spiro atoms. The lowest BCUT2D eigenvalue weighted by Gasteiger charge is -2.17. The van der Waals surface area contributed by atoms with Gasteiger partial charge in [-0.15, -0.1) is 0 Å². The molecule has 1 aliphatic rings. The van der Waals surface area contributed by atoms with Gasteiger partial charge in [-0.3, -0.25) is 14.9 Å². The summed E-state index contributed by atoms with van der Waals surface area (Å²) in [5.41, 5.74) is -1.85. The van der Waals surface area contributed by atoms with Crippen LogP contribution in [0.1, 0.15) is 82.1 Å². The number of nitro groups is 1. The number of hydrogen-bond acceptors (Lipinski definition) is 7. The first-order chi connectivity index (χ1) is 13.6. The molecule has 0 atom stereocenters. The highest BCUT2D eigenvalue weighted by molar-refractivity contribution is 7.16. The highest BCUT2D eigenvalue weighted by Crippen LogP contribution is 2.27. The van der Waals surface area contributed by atoms with Gasteiger partial charge in [0.15, 0.2) is 0 Å². The summed E-state index contributed by atoms with van der Waals surface area (Å²) in [5, 5.41) is 25.6. The van der Waals surface area contributed by atoms with Gasteiger partial charge in [0.05, 0.1) is 4.92 Å². The van der Waals surface area contributed by atoms with Crippen LogP contribution in [-0.4, -0.2) is 24.6 Å². The van der Waals surface area contributed by atoms with Gasteiger partial charge >= 0.3 is 17.1 Å². The molecule has 3 rings (SSSR count). The van der Waals surface area contributed by atoms with E-state index in [1.807, 2.05) is 0 Å². The van der Waals surface area contributed by atoms with Crippen molar-refractivity contribution in [3.63, 3.8) is 0 Å². The first kappa shape index (κ1) is 20.7. The molecule has 0 saturated heterocycles. The van der Waals surface area contributed by atoms with Gasteiger partial charge in [-0.25, -0.2) is 0 Å². The normalized spacial score (nSPS) is 17.9. The van der Waals surface area contributed by atoms with E-state index in [4.69, 9.17) is 0 Å². The molecular weight excluding hydrogens is 380 g/mol. The molecule has 1 saturated carbocycles. The molecule has 2 heterocycles. The second kappa shape index (κ2) is 9.95. The third kappa shape index (κ3) is 5.27. The van der Waals surface area contributed by atoms with E-state index >= 15 is 0 Å². The van der Waals surface area contributed by atoms with Crippen molar-refractivity contribution in [1.82, 2.24) is 14.6 Å². The third-order valence-electron chi connectivity index (χ3n) is 5.58. The molecule has 1 N–H and O–H groups in total. The fourth-order valence-corrected chi connectivity index (χ4v) is 4.89. The van der Waals surface area contributed by atoms with Crippen molar-refractivity contribution in [1.29, 1.82) is 0 Å². The summed E-state index contributed by atoms with van der Waals surface area (Å²) in [4.78, 5) is 26.2. The third-order valence-corrected chi connectivity index (χ3v) is 6.55. The lowest BCUT2D eigenvalue weighted by molar-refractivity contribution is -0.387. The number of rotatable bonds is 4. The number of aromatic hydroxyl groups is 1. The Morgan fingerprint density at radius 3 is 2.21 bits per heavy atom. The van der Waals surface area contributed by atoms with Gasteiger partial charge in [0.25, 0.3) is 0 Å². The minimum atomic E-state index is -0.930. The van der Waals surface area contributed by atoms with Crippen LogP contribution in [0.25, 0.3) is 4.96 Å². The Kier molecular flexibility index (Phi) is 7.36. The second-order valence-corrected chi connectivity index (χ2v) is 8.74. The van der Waals surface area contributed by atoms with Gasteiger partial charge < -0.3 is 5.11 Å². The Labute approximate surface area is 167 Å². The van der Waals surface area contributed by atoms with E-state index in [1.54, 1.807) is 0 Å². The standard InChI is InChI=1S/C19H28N4O4S/c24-17-16(23(26)27)18(25)22-19(20-17)28-15(21-22)13-12-14-10-8-6-4-2-1-3-5-7-9-11-14/h14,24H,1-13H2. The van der Waals surface area contributed by atoms with Crippen molar-refractivity contribution in [2.75, 3.05) is 0 Å². The molecular formula is C19H28N4O4S. The van der Waals surface area contributed by atoms with E-state index in [0.29, 0.717) is 5.92 Å². The topological polar surface area (TPSA) is 111 Å². The maximum atomic E-state index is 12.2. The zero-order valence-electron chi connectivity index (χ0n) is 16.1. The number of fused-ring (bicyclic) bond motifs is 1. The van der Waals surface area contributed by atoms with Crippen LogP contribution >= 0.6 is 11.3 Å². The summed E-state index contributed by atoms with van der Waals surface area (Å²) in [5.74, 6) is -0.191. The summed E-state index contributed by atoms with van der Waals surface area (Å²) in [6, 6.07) is 0. The first-order valence-electron chi connectivity index (χ1n) is 10.3. The van der Waals surface area contributed by atoms with Crippen molar-refractivity contribution in [2.24, 2.45) is 5.92 Å². The zero-order valence-corrected chi connectivity index (χ0v) is 17.0. The number of nitrogens with zero attached hydrogens (tertiary/aromatic N) is 4. The lowest BCUT2D eigenvalue weighted by Crippen LogP contribution is -2.18. The highest BCUT2D eigenvalue weighted by atomic mass is 32.1. The average Bonchev–Trinajstić information content (AvgIpc) is 3.04. The molecule has 0 aromatic carbocycles. The Bertz CT molecular complexity index is 851. The summed E-state index contributed by atoms with van der Waals surface area (Å²) in [6.45, 7) is 0. The van der Waals surface area contributed by atoms with Gasteiger partial charge in [-0.1, -0.05) is 82.0 Å². The van der Waals surface area contributed by atoms with Gasteiger partial charge in [-0.05, 0) is 12.3 Å². The zero-order chi connectivity index (χ0) is 19.9. The summed E-state index contributed by atoms with van der Waals surface area (Å²) in [7, 11) is 0. The van der Waals surface area contributed by atoms with E-state index in [1.165, 1.54) is 82.0 Å². The van der Waals surface area contributed by atoms with Crippen LogP contribution in [0.4, 0.5) is 5.69 Å². The molecule has 154 valence electrons. The van der Waals surface area contributed by atoms with Crippen molar-refractivity contribution in [2.45, 2.75) is 83.5 Å². The van der Waals surface area contributed by atoms with Crippen molar-refractivity contribution >= 4 is 22.0 Å². The minimum Gasteiger partial charge on any atom is -0.488 e. The predicted molar refractivity (Wildman–Crippen MR) is 108 cm³/mol. The largest absolute Gasteiger partial charge is 0.488 e. The van der Waals surface area contributed by atoms with Gasteiger partial charge in [0, 0.05) is 6.42 Å². The molecule has 0 amide bonds. The fraction of sp³-hybridized carbons (Fsp3) is 0.737. The van der Waals surface area contributed by atoms with Crippen molar-refractivity contribution in [3.8, 4) is 5.88 Å². The molecule has 28 heavy (non-hydrogen) atoms. The maximum absolute atomic E-state index is 12.2. The molecule has 0 radical (unpaired) electrons. The van der Waals surface area contributed by atoms with Crippen molar-refractivity contribution in [3.05, 3.63) is 25.5 Å². The molecule has 9 heteroatoms. The first-order valence-corrected chi connectivity index (χ1v) is 11.1. The van der Waals surface area contributed by atoms with E-state index in [9.17, 15) is 20.0 Å².